The average Bonchev–Trinajstić information content (AvgIpc) is 2.48. The maximum Gasteiger partial charge on any atom is 0.139 e. The second kappa shape index (κ2) is 8.13. The molecule has 0 saturated heterocycles. The van der Waals surface area contributed by atoms with Crippen molar-refractivity contribution in [2.45, 2.75) is 6.54 Å². The first kappa shape index (κ1) is 16.0. The zero-order chi connectivity index (χ0) is 15.1. The molecule has 2 aromatic carbocycles. The van der Waals surface area contributed by atoms with Crippen LogP contribution in [0.3, 0.4) is 0 Å². The van der Waals surface area contributed by atoms with Gasteiger partial charge in [0.2, 0.25) is 0 Å². The van der Waals surface area contributed by atoms with Gasteiger partial charge >= 0.3 is 0 Å². The molecule has 0 spiro atoms. The van der Waals surface area contributed by atoms with E-state index in [4.69, 9.17) is 32.7 Å². The minimum atomic E-state index is 0.399. The van der Waals surface area contributed by atoms with Crippen LogP contribution >= 0.6 is 23.2 Å². The van der Waals surface area contributed by atoms with Crippen LogP contribution in [-0.4, -0.2) is 20.3 Å². The maximum atomic E-state index is 6.02. The number of hydrogen-bond acceptors (Lipinski definition) is 3. The molecule has 0 aliphatic rings. The first-order valence-electron chi connectivity index (χ1n) is 6.63. The van der Waals surface area contributed by atoms with E-state index >= 15 is 0 Å². The molecule has 0 atom stereocenters. The van der Waals surface area contributed by atoms with Crippen molar-refractivity contribution in [1.82, 2.24) is 5.32 Å². The summed E-state index contributed by atoms with van der Waals surface area (Å²) in [5.74, 6) is 1.39. The molecule has 21 heavy (non-hydrogen) atoms. The molecule has 0 aromatic heterocycles. The number of nitrogens with one attached hydrogen (secondary N) is 1. The molecule has 0 saturated carbocycles. The Morgan fingerprint density at radius 3 is 2.62 bits per heavy atom. The monoisotopic (exact) mass is 325 g/mol. The Morgan fingerprint density at radius 2 is 1.81 bits per heavy atom. The third-order valence-electron chi connectivity index (χ3n) is 2.78. The largest absolute Gasteiger partial charge is 0.490 e. The summed E-state index contributed by atoms with van der Waals surface area (Å²) in [5.41, 5.74) is 1.17. The molecule has 0 unspecified atom stereocenters. The zero-order valence-electron chi connectivity index (χ0n) is 11.7. The van der Waals surface area contributed by atoms with Crippen LogP contribution in [0.25, 0.3) is 0 Å². The first-order chi connectivity index (χ1) is 10.2. The molecular weight excluding hydrogens is 309 g/mol. The van der Waals surface area contributed by atoms with Crippen LogP contribution in [0.1, 0.15) is 5.56 Å². The molecule has 3 nitrogen and oxygen atoms in total. The highest BCUT2D eigenvalue weighted by molar-refractivity contribution is 6.34. The number of benzene rings is 2. The summed E-state index contributed by atoms with van der Waals surface area (Å²) in [7, 11) is 1.91. The Morgan fingerprint density at radius 1 is 1.00 bits per heavy atom. The second-order valence-electron chi connectivity index (χ2n) is 4.45. The fourth-order valence-corrected chi connectivity index (χ4v) is 2.18. The highest BCUT2D eigenvalue weighted by atomic mass is 35.5. The Balaban J connectivity index is 1.81. The molecule has 0 heterocycles. The van der Waals surface area contributed by atoms with Gasteiger partial charge in [0.15, 0.2) is 0 Å². The summed E-state index contributed by atoms with van der Waals surface area (Å²) in [5, 5.41) is 4.23. The molecule has 0 amide bonds. The van der Waals surface area contributed by atoms with Crippen molar-refractivity contribution in [2.24, 2.45) is 0 Å². The van der Waals surface area contributed by atoms with Gasteiger partial charge < -0.3 is 14.8 Å². The minimum Gasteiger partial charge on any atom is -0.490 e. The standard InChI is InChI=1S/C16H17Cl2NO2/c1-19-11-12-3-2-4-14(9-12)20-7-8-21-16-10-13(17)5-6-15(16)18/h2-6,9-10,19H,7-8,11H2,1H3. The number of hydrogen-bond donors (Lipinski definition) is 1. The predicted octanol–water partition coefficient (Wildman–Crippen LogP) is 4.17. The minimum absolute atomic E-state index is 0.399. The lowest BCUT2D eigenvalue weighted by atomic mass is 10.2. The summed E-state index contributed by atoms with van der Waals surface area (Å²) >= 11 is 11.9. The lowest BCUT2D eigenvalue weighted by molar-refractivity contribution is 0.217. The van der Waals surface area contributed by atoms with Crippen molar-refractivity contribution >= 4 is 23.2 Å². The van der Waals surface area contributed by atoms with E-state index < -0.39 is 0 Å². The van der Waals surface area contributed by atoms with E-state index in [1.165, 1.54) is 5.56 Å². The van der Waals surface area contributed by atoms with Crippen molar-refractivity contribution in [2.75, 3.05) is 20.3 Å². The topological polar surface area (TPSA) is 30.5 Å². The van der Waals surface area contributed by atoms with Crippen molar-refractivity contribution in [1.29, 1.82) is 0 Å². The van der Waals surface area contributed by atoms with Gasteiger partial charge in [-0.05, 0) is 36.9 Å². The van der Waals surface area contributed by atoms with E-state index in [1.807, 2.05) is 31.3 Å². The molecule has 0 aliphatic carbocycles. The van der Waals surface area contributed by atoms with Gasteiger partial charge in [-0.3, -0.25) is 0 Å². The molecule has 2 aromatic rings. The first-order valence-corrected chi connectivity index (χ1v) is 7.39. The van der Waals surface area contributed by atoms with Gasteiger partial charge in [-0.2, -0.15) is 0 Å². The summed E-state index contributed by atoms with van der Waals surface area (Å²) in [6.45, 7) is 1.65. The van der Waals surface area contributed by atoms with Crippen molar-refractivity contribution < 1.29 is 9.47 Å². The average molecular weight is 326 g/mol. The smallest absolute Gasteiger partial charge is 0.139 e. The van der Waals surface area contributed by atoms with Gasteiger partial charge in [-0.15, -0.1) is 0 Å². The Bertz CT molecular complexity index is 590. The molecule has 5 heteroatoms. The maximum absolute atomic E-state index is 6.02. The zero-order valence-corrected chi connectivity index (χ0v) is 13.2. The lowest BCUT2D eigenvalue weighted by Crippen LogP contribution is -2.10. The van der Waals surface area contributed by atoms with E-state index in [1.54, 1.807) is 18.2 Å². The van der Waals surface area contributed by atoms with Crippen LogP contribution < -0.4 is 14.8 Å². The third kappa shape index (κ3) is 5.12. The number of halogens is 2. The van der Waals surface area contributed by atoms with Crippen LogP contribution in [0.2, 0.25) is 10.0 Å². The van der Waals surface area contributed by atoms with Crippen LogP contribution in [-0.2, 0) is 6.54 Å². The van der Waals surface area contributed by atoms with Gasteiger partial charge in [0.1, 0.15) is 24.7 Å². The summed E-state index contributed by atoms with van der Waals surface area (Å²) in [6, 6.07) is 13.1. The van der Waals surface area contributed by atoms with Gasteiger partial charge in [0, 0.05) is 17.6 Å². The molecule has 112 valence electrons. The van der Waals surface area contributed by atoms with Gasteiger partial charge in [0.25, 0.3) is 0 Å². The molecule has 0 radical (unpaired) electrons. The Labute approximate surface area is 134 Å². The molecule has 0 aliphatic heterocycles. The highest BCUT2D eigenvalue weighted by Gasteiger charge is 2.03. The normalized spacial score (nSPS) is 10.4. The fourth-order valence-electron chi connectivity index (χ4n) is 1.85. The third-order valence-corrected chi connectivity index (χ3v) is 3.33. The van der Waals surface area contributed by atoms with Gasteiger partial charge in [-0.1, -0.05) is 35.3 Å². The fraction of sp³-hybridized carbons (Fsp3) is 0.250. The van der Waals surface area contributed by atoms with Crippen LogP contribution in [0.5, 0.6) is 11.5 Å². The lowest BCUT2D eigenvalue weighted by Gasteiger charge is -2.10. The van der Waals surface area contributed by atoms with Crippen LogP contribution in [0, 0.1) is 0 Å². The SMILES string of the molecule is CNCc1cccc(OCCOc2cc(Cl)ccc2Cl)c1. The molecule has 2 rings (SSSR count). The quantitative estimate of drug-likeness (QED) is 0.775. The number of ether oxygens (including phenoxy) is 2. The summed E-state index contributed by atoms with van der Waals surface area (Å²) in [6.07, 6.45) is 0. The molecule has 0 bridgehead atoms. The molecule has 0 fully saturated rings. The van der Waals surface area contributed by atoms with Crippen LogP contribution in [0.4, 0.5) is 0 Å². The summed E-state index contributed by atoms with van der Waals surface area (Å²) in [4.78, 5) is 0. The molecular formula is C16H17Cl2NO2. The van der Waals surface area contributed by atoms with Crippen LogP contribution in [0.15, 0.2) is 42.5 Å². The van der Waals surface area contributed by atoms with E-state index in [0.717, 1.165) is 12.3 Å². The number of rotatable bonds is 7. The van der Waals surface area contributed by atoms with E-state index in [2.05, 4.69) is 5.32 Å². The Hall–Kier alpha value is -1.42. The summed E-state index contributed by atoms with van der Waals surface area (Å²) < 4.78 is 11.2. The van der Waals surface area contributed by atoms with Gasteiger partial charge in [0.05, 0.1) is 5.02 Å². The Kier molecular flexibility index (Phi) is 6.18. The second-order valence-corrected chi connectivity index (χ2v) is 5.29. The highest BCUT2D eigenvalue weighted by Crippen LogP contribution is 2.27. The van der Waals surface area contributed by atoms with Crippen molar-refractivity contribution in [3.8, 4) is 11.5 Å². The molecule has 1 N–H and O–H groups in total. The van der Waals surface area contributed by atoms with Crippen molar-refractivity contribution in [3.63, 3.8) is 0 Å². The van der Waals surface area contributed by atoms with E-state index in [9.17, 15) is 0 Å². The predicted molar refractivity (Wildman–Crippen MR) is 86.7 cm³/mol. The van der Waals surface area contributed by atoms with E-state index in [-0.39, 0.29) is 0 Å². The van der Waals surface area contributed by atoms with E-state index in [0.29, 0.717) is 29.0 Å². The van der Waals surface area contributed by atoms with Gasteiger partial charge in [-0.25, -0.2) is 0 Å². The van der Waals surface area contributed by atoms with Crippen molar-refractivity contribution in [3.05, 3.63) is 58.1 Å².